The molecule has 1 N–H and O–H groups in total. The van der Waals surface area contributed by atoms with E-state index in [1.165, 1.54) is 12.1 Å². The third-order valence-electron chi connectivity index (χ3n) is 2.54. The molecule has 4 heteroatoms. The number of rotatable bonds is 3. The van der Waals surface area contributed by atoms with Crippen molar-refractivity contribution in [3.8, 4) is 0 Å². The number of nitrogens with zero attached hydrogens (tertiary/aromatic N) is 1. The van der Waals surface area contributed by atoms with Crippen molar-refractivity contribution in [2.45, 2.75) is 13.5 Å². The molecule has 2 aromatic rings. The number of aryl methyl sites for hydroxylation is 1. The zero-order chi connectivity index (χ0) is 13.0. The molecular weight excluding hydrogens is 231 g/mol. The predicted octanol–water partition coefficient (Wildman–Crippen LogP) is 2.46. The molecule has 1 heterocycles. The van der Waals surface area contributed by atoms with Crippen LogP contribution in [0.25, 0.3) is 0 Å². The van der Waals surface area contributed by atoms with Gasteiger partial charge in [-0.25, -0.2) is 4.39 Å². The Bertz CT molecular complexity index is 555. The van der Waals surface area contributed by atoms with Crippen LogP contribution in [0.15, 0.2) is 42.7 Å². The first-order chi connectivity index (χ1) is 8.66. The summed E-state index contributed by atoms with van der Waals surface area (Å²) in [6.45, 7) is 2.15. The number of amides is 1. The van der Waals surface area contributed by atoms with Gasteiger partial charge in [-0.05, 0) is 30.7 Å². The zero-order valence-electron chi connectivity index (χ0n) is 9.98. The number of aromatic nitrogens is 1. The van der Waals surface area contributed by atoms with E-state index in [2.05, 4.69) is 10.3 Å². The summed E-state index contributed by atoms with van der Waals surface area (Å²) < 4.78 is 13.5. The highest BCUT2D eigenvalue weighted by molar-refractivity contribution is 5.94. The fourth-order valence-corrected chi connectivity index (χ4v) is 1.59. The molecule has 3 nitrogen and oxygen atoms in total. The molecule has 0 atom stereocenters. The second kappa shape index (κ2) is 5.40. The lowest BCUT2D eigenvalue weighted by molar-refractivity contribution is 0.0946. The quantitative estimate of drug-likeness (QED) is 0.901. The molecule has 18 heavy (non-hydrogen) atoms. The van der Waals surface area contributed by atoms with Crippen LogP contribution >= 0.6 is 0 Å². The highest BCUT2D eigenvalue weighted by Crippen LogP contribution is 2.10. The SMILES string of the molecule is Cc1ccc(F)c(C(=O)NCc2cccnc2)c1. The predicted molar refractivity (Wildman–Crippen MR) is 66.5 cm³/mol. The van der Waals surface area contributed by atoms with Crippen LogP contribution in [0.2, 0.25) is 0 Å². The minimum Gasteiger partial charge on any atom is -0.348 e. The maximum Gasteiger partial charge on any atom is 0.254 e. The number of carbonyl (C=O) groups is 1. The van der Waals surface area contributed by atoms with Gasteiger partial charge in [-0.3, -0.25) is 9.78 Å². The number of hydrogen-bond donors (Lipinski definition) is 1. The third-order valence-corrected chi connectivity index (χ3v) is 2.54. The van der Waals surface area contributed by atoms with Crippen molar-refractivity contribution in [2.75, 3.05) is 0 Å². The van der Waals surface area contributed by atoms with Crippen molar-refractivity contribution in [1.82, 2.24) is 10.3 Å². The molecule has 0 aliphatic carbocycles. The number of pyridine rings is 1. The smallest absolute Gasteiger partial charge is 0.254 e. The molecule has 0 saturated carbocycles. The Balaban J connectivity index is 2.06. The van der Waals surface area contributed by atoms with Gasteiger partial charge in [0.25, 0.3) is 5.91 Å². The number of halogens is 1. The van der Waals surface area contributed by atoms with Crippen LogP contribution in [-0.2, 0) is 6.54 Å². The first kappa shape index (κ1) is 12.2. The highest BCUT2D eigenvalue weighted by Gasteiger charge is 2.11. The van der Waals surface area contributed by atoms with Gasteiger partial charge in [-0.2, -0.15) is 0 Å². The van der Waals surface area contributed by atoms with Gasteiger partial charge < -0.3 is 5.32 Å². The van der Waals surface area contributed by atoms with E-state index in [9.17, 15) is 9.18 Å². The first-order valence-electron chi connectivity index (χ1n) is 5.60. The molecule has 0 bridgehead atoms. The number of benzene rings is 1. The van der Waals surface area contributed by atoms with Crippen LogP contribution in [0, 0.1) is 12.7 Å². The summed E-state index contributed by atoms with van der Waals surface area (Å²) in [7, 11) is 0. The Morgan fingerprint density at radius 2 is 2.22 bits per heavy atom. The van der Waals surface area contributed by atoms with Crippen LogP contribution in [0.3, 0.4) is 0 Å². The molecule has 1 aromatic carbocycles. The molecular formula is C14H13FN2O. The van der Waals surface area contributed by atoms with Crippen molar-refractivity contribution in [3.05, 3.63) is 65.2 Å². The fraction of sp³-hybridized carbons (Fsp3) is 0.143. The largest absolute Gasteiger partial charge is 0.348 e. The highest BCUT2D eigenvalue weighted by atomic mass is 19.1. The van der Waals surface area contributed by atoms with Crippen molar-refractivity contribution >= 4 is 5.91 Å². The minimum absolute atomic E-state index is 0.0684. The Labute approximate surface area is 105 Å². The molecule has 0 saturated heterocycles. The topological polar surface area (TPSA) is 42.0 Å². The Morgan fingerprint density at radius 3 is 2.94 bits per heavy atom. The van der Waals surface area contributed by atoms with Crippen molar-refractivity contribution in [1.29, 1.82) is 0 Å². The van der Waals surface area contributed by atoms with E-state index in [1.807, 2.05) is 13.0 Å². The summed E-state index contributed by atoms with van der Waals surface area (Å²) in [5, 5.41) is 2.66. The van der Waals surface area contributed by atoms with E-state index in [0.717, 1.165) is 11.1 Å². The van der Waals surface area contributed by atoms with E-state index in [1.54, 1.807) is 24.5 Å². The van der Waals surface area contributed by atoms with Crippen LogP contribution in [0.5, 0.6) is 0 Å². The van der Waals surface area contributed by atoms with Crippen LogP contribution in [0.1, 0.15) is 21.5 Å². The van der Waals surface area contributed by atoms with E-state index < -0.39 is 11.7 Å². The lowest BCUT2D eigenvalue weighted by atomic mass is 10.1. The summed E-state index contributed by atoms with van der Waals surface area (Å²) >= 11 is 0. The van der Waals surface area contributed by atoms with Crippen LogP contribution in [0.4, 0.5) is 4.39 Å². The van der Waals surface area contributed by atoms with E-state index in [0.29, 0.717) is 6.54 Å². The van der Waals surface area contributed by atoms with Gasteiger partial charge in [0.1, 0.15) is 5.82 Å². The van der Waals surface area contributed by atoms with Gasteiger partial charge >= 0.3 is 0 Å². The monoisotopic (exact) mass is 244 g/mol. The van der Waals surface area contributed by atoms with Gasteiger partial charge in [-0.15, -0.1) is 0 Å². The molecule has 0 radical (unpaired) electrons. The molecule has 2 rings (SSSR count). The Morgan fingerprint density at radius 1 is 1.39 bits per heavy atom. The van der Waals surface area contributed by atoms with Gasteiger partial charge in [0.15, 0.2) is 0 Å². The molecule has 0 unspecified atom stereocenters. The second-order valence-corrected chi connectivity index (χ2v) is 4.03. The van der Waals surface area contributed by atoms with Crippen molar-refractivity contribution in [3.63, 3.8) is 0 Å². The molecule has 0 fully saturated rings. The number of carbonyl (C=O) groups excluding carboxylic acids is 1. The summed E-state index contributed by atoms with van der Waals surface area (Å²) in [4.78, 5) is 15.8. The average Bonchev–Trinajstić information content (AvgIpc) is 2.40. The second-order valence-electron chi connectivity index (χ2n) is 4.03. The lowest BCUT2D eigenvalue weighted by Crippen LogP contribution is -2.24. The fourth-order valence-electron chi connectivity index (χ4n) is 1.59. The van der Waals surface area contributed by atoms with Gasteiger partial charge in [0.2, 0.25) is 0 Å². The third kappa shape index (κ3) is 2.91. The molecule has 1 aromatic heterocycles. The first-order valence-corrected chi connectivity index (χ1v) is 5.60. The van der Waals surface area contributed by atoms with E-state index >= 15 is 0 Å². The molecule has 1 amide bonds. The molecule has 0 spiro atoms. The zero-order valence-corrected chi connectivity index (χ0v) is 9.98. The van der Waals surface area contributed by atoms with Crippen molar-refractivity contribution in [2.24, 2.45) is 0 Å². The number of nitrogens with one attached hydrogen (secondary N) is 1. The maximum absolute atomic E-state index is 13.5. The summed E-state index contributed by atoms with van der Waals surface area (Å²) in [5.74, 6) is -0.927. The van der Waals surface area contributed by atoms with E-state index in [-0.39, 0.29) is 5.56 Å². The standard InChI is InChI=1S/C14H13FN2O/c1-10-4-5-13(15)12(7-10)14(18)17-9-11-3-2-6-16-8-11/h2-8H,9H2,1H3,(H,17,18). The summed E-state index contributed by atoms with van der Waals surface area (Å²) in [6.07, 6.45) is 3.32. The lowest BCUT2D eigenvalue weighted by Gasteiger charge is -2.06. The van der Waals surface area contributed by atoms with Gasteiger partial charge in [0.05, 0.1) is 5.56 Å². The van der Waals surface area contributed by atoms with E-state index in [4.69, 9.17) is 0 Å². The van der Waals surface area contributed by atoms with Gasteiger partial charge in [0, 0.05) is 18.9 Å². The van der Waals surface area contributed by atoms with Crippen molar-refractivity contribution < 1.29 is 9.18 Å². The molecule has 0 aliphatic heterocycles. The average molecular weight is 244 g/mol. The Kier molecular flexibility index (Phi) is 3.67. The summed E-state index contributed by atoms with van der Waals surface area (Å²) in [6, 6.07) is 8.10. The van der Waals surface area contributed by atoms with Crippen LogP contribution in [-0.4, -0.2) is 10.9 Å². The molecule has 0 aliphatic rings. The minimum atomic E-state index is -0.510. The van der Waals surface area contributed by atoms with Crippen LogP contribution < -0.4 is 5.32 Å². The maximum atomic E-state index is 13.5. The molecule has 92 valence electrons. The number of hydrogen-bond acceptors (Lipinski definition) is 2. The van der Waals surface area contributed by atoms with Gasteiger partial charge in [-0.1, -0.05) is 17.7 Å². The Hall–Kier alpha value is -2.23. The normalized spacial score (nSPS) is 10.1. The summed E-state index contributed by atoms with van der Waals surface area (Å²) in [5.41, 5.74) is 1.79.